The maximum atomic E-state index is 12.5. The van der Waals surface area contributed by atoms with Gasteiger partial charge in [0.05, 0.1) is 5.75 Å². The molecule has 2 aliphatic carbocycles. The number of halogens is 1. The summed E-state index contributed by atoms with van der Waals surface area (Å²) in [4.78, 5) is 12.5. The van der Waals surface area contributed by atoms with Crippen molar-refractivity contribution in [2.75, 3.05) is 5.32 Å². The molecule has 5 nitrogen and oxygen atoms in total. The van der Waals surface area contributed by atoms with E-state index in [0.29, 0.717) is 5.56 Å². The number of urea groups is 1. The molecule has 0 saturated carbocycles. The van der Waals surface area contributed by atoms with Crippen molar-refractivity contribution in [2.45, 2.75) is 44.3 Å². The molecular formula is C20H21BrN2NaO3S. The van der Waals surface area contributed by atoms with Gasteiger partial charge < -0.3 is 5.32 Å². The van der Waals surface area contributed by atoms with Gasteiger partial charge in [-0.25, -0.2) is 17.9 Å². The SMILES string of the molecule is O=C(Nc1c2c(cc3c1CCC3)CCC2)NS(=O)(=O)Cc1cccc(Br)c1.[Na]. The summed E-state index contributed by atoms with van der Waals surface area (Å²) in [7, 11) is -3.78. The Morgan fingerprint density at radius 2 is 1.64 bits per heavy atom. The largest absolute Gasteiger partial charge is 0.332 e. The van der Waals surface area contributed by atoms with Gasteiger partial charge >= 0.3 is 6.03 Å². The Balaban J connectivity index is 0.00000225. The summed E-state index contributed by atoms with van der Waals surface area (Å²) in [5, 5.41) is 2.86. The first-order valence-corrected chi connectivity index (χ1v) is 11.6. The van der Waals surface area contributed by atoms with Crippen molar-refractivity contribution in [1.82, 2.24) is 4.72 Å². The number of fused-ring (bicyclic) bond motifs is 2. The summed E-state index contributed by atoms with van der Waals surface area (Å²) >= 11 is 3.33. The van der Waals surface area contributed by atoms with Gasteiger partial charge in [0.1, 0.15) is 0 Å². The zero-order valence-electron chi connectivity index (χ0n) is 15.8. The van der Waals surface area contributed by atoms with Crippen molar-refractivity contribution >= 4 is 67.2 Å². The maximum absolute atomic E-state index is 12.5. The fourth-order valence-corrected chi connectivity index (χ4v) is 5.60. The molecule has 1 radical (unpaired) electrons. The second-order valence-corrected chi connectivity index (χ2v) is 9.82. The Kier molecular flexibility index (Phi) is 6.92. The first-order valence-electron chi connectivity index (χ1n) is 9.14. The molecule has 2 N–H and O–H groups in total. The number of sulfonamides is 1. The summed E-state index contributed by atoms with van der Waals surface area (Å²) in [5.74, 6) is -0.245. The van der Waals surface area contributed by atoms with Crippen LogP contribution < -0.4 is 10.0 Å². The van der Waals surface area contributed by atoms with Gasteiger partial charge in [-0.15, -0.1) is 0 Å². The number of nitrogens with one attached hydrogen (secondary N) is 2. The zero-order chi connectivity index (χ0) is 19.0. The van der Waals surface area contributed by atoms with E-state index in [1.165, 1.54) is 22.3 Å². The third kappa shape index (κ3) is 4.82. The predicted octanol–water partition coefficient (Wildman–Crippen LogP) is 3.70. The van der Waals surface area contributed by atoms with Crippen LogP contribution >= 0.6 is 15.9 Å². The van der Waals surface area contributed by atoms with Crippen molar-refractivity contribution in [1.29, 1.82) is 0 Å². The quantitative estimate of drug-likeness (QED) is 0.667. The number of hydrogen-bond donors (Lipinski definition) is 2. The van der Waals surface area contributed by atoms with Gasteiger partial charge in [0.25, 0.3) is 0 Å². The summed E-state index contributed by atoms with van der Waals surface area (Å²) in [6.45, 7) is 0. The molecule has 4 rings (SSSR count). The standard InChI is InChI=1S/C20H21BrN2O3S.Na/c21-16-7-1-4-13(10-16)12-27(25,26)23-20(24)22-19-17-8-2-5-14(17)11-15-6-3-9-18(15)19;/h1,4,7,10-11H,2-3,5-6,8-9,12H2,(H2,22,23,24);. The number of carbonyl (C=O) groups excluding carboxylic acids is 1. The number of anilines is 1. The molecule has 2 amide bonds. The monoisotopic (exact) mass is 471 g/mol. The normalized spacial score (nSPS) is 14.8. The minimum Gasteiger partial charge on any atom is -0.307 e. The van der Waals surface area contributed by atoms with Crippen LogP contribution in [-0.4, -0.2) is 44.0 Å². The second kappa shape index (κ2) is 8.88. The second-order valence-electron chi connectivity index (χ2n) is 7.18. The van der Waals surface area contributed by atoms with Crippen LogP contribution in [0.25, 0.3) is 0 Å². The minimum atomic E-state index is -3.78. The van der Waals surface area contributed by atoms with Gasteiger partial charge in [-0.1, -0.05) is 34.1 Å². The van der Waals surface area contributed by atoms with E-state index in [4.69, 9.17) is 0 Å². The Bertz CT molecular complexity index is 992. The maximum Gasteiger partial charge on any atom is 0.332 e. The Hall–Kier alpha value is -0.860. The van der Waals surface area contributed by atoms with Gasteiger partial charge in [0.15, 0.2) is 0 Å². The Labute approximate surface area is 196 Å². The van der Waals surface area contributed by atoms with Crippen molar-refractivity contribution in [2.24, 2.45) is 0 Å². The molecule has 28 heavy (non-hydrogen) atoms. The van der Waals surface area contributed by atoms with E-state index < -0.39 is 16.1 Å². The van der Waals surface area contributed by atoms with Crippen LogP contribution in [0.1, 0.15) is 40.7 Å². The summed E-state index contributed by atoms with van der Waals surface area (Å²) < 4.78 is 27.7. The summed E-state index contributed by atoms with van der Waals surface area (Å²) in [6.07, 6.45) is 6.08. The predicted molar refractivity (Wildman–Crippen MR) is 115 cm³/mol. The molecule has 0 spiro atoms. The van der Waals surface area contributed by atoms with Gasteiger partial charge in [-0.3, -0.25) is 0 Å². The number of aryl methyl sites for hydroxylation is 2. The number of rotatable bonds is 4. The third-order valence-corrected chi connectivity index (χ3v) is 6.91. The fourth-order valence-electron chi connectivity index (χ4n) is 4.13. The molecule has 0 atom stereocenters. The van der Waals surface area contributed by atoms with Crippen molar-refractivity contribution in [3.05, 3.63) is 62.6 Å². The molecule has 2 aromatic carbocycles. The van der Waals surface area contributed by atoms with Gasteiger partial charge in [0.2, 0.25) is 10.0 Å². The number of benzene rings is 2. The van der Waals surface area contributed by atoms with Gasteiger partial charge in [0, 0.05) is 39.7 Å². The topological polar surface area (TPSA) is 75.3 Å². The van der Waals surface area contributed by atoms with E-state index in [9.17, 15) is 13.2 Å². The van der Waals surface area contributed by atoms with E-state index in [2.05, 4.69) is 32.0 Å². The number of carbonyl (C=O) groups is 1. The summed E-state index contributed by atoms with van der Waals surface area (Å²) in [6, 6.07) is 8.64. The average molecular weight is 472 g/mol. The fraction of sp³-hybridized carbons (Fsp3) is 0.350. The van der Waals surface area contributed by atoms with Crippen LogP contribution in [0.2, 0.25) is 0 Å². The molecule has 2 aliphatic rings. The van der Waals surface area contributed by atoms with Crippen LogP contribution in [0, 0.1) is 0 Å². The molecule has 2 aromatic rings. The van der Waals surface area contributed by atoms with Crippen LogP contribution in [0.3, 0.4) is 0 Å². The van der Waals surface area contributed by atoms with E-state index >= 15 is 0 Å². The van der Waals surface area contributed by atoms with Crippen LogP contribution in [0.4, 0.5) is 10.5 Å². The minimum absolute atomic E-state index is 0. The van der Waals surface area contributed by atoms with Gasteiger partial charge in [-0.05, 0) is 78.5 Å². The molecule has 0 fully saturated rings. The summed E-state index contributed by atoms with van der Waals surface area (Å²) in [5.41, 5.74) is 6.40. The smallest absolute Gasteiger partial charge is 0.307 e. The molecule has 0 unspecified atom stereocenters. The first kappa shape index (κ1) is 21.8. The number of hydrogen-bond acceptors (Lipinski definition) is 3. The molecular weight excluding hydrogens is 451 g/mol. The van der Waals surface area contributed by atoms with E-state index in [1.807, 2.05) is 6.07 Å². The van der Waals surface area contributed by atoms with Crippen LogP contribution in [0.15, 0.2) is 34.8 Å². The van der Waals surface area contributed by atoms with E-state index in [-0.39, 0.29) is 35.3 Å². The van der Waals surface area contributed by atoms with Crippen LogP contribution in [-0.2, 0) is 41.5 Å². The van der Waals surface area contributed by atoms with Crippen molar-refractivity contribution in [3.63, 3.8) is 0 Å². The Morgan fingerprint density at radius 1 is 1.00 bits per heavy atom. The Morgan fingerprint density at radius 3 is 2.25 bits per heavy atom. The molecule has 0 aliphatic heterocycles. The van der Waals surface area contributed by atoms with Crippen LogP contribution in [0.5, 0.6) is 0 Å². The molecule has 143 valence electrons. The number of amides is 2. The third-order valence-electron chi connectivity index (χ3n) is 5.21. The molecule has 0 aromatic heterocycles. The van der Waals surface area contributed by atoms with Crippen molar-refractivity contribution < 1.29 is 13.2 Å². The molecule has 8 heteroatoms. The average Bonchev–Trinajstić information content (AvgIpc) is 3.22. The molecule has 0 bridgehead atoms. The van der Waals surface area contributed by atoms with E-state index in [0.717, 1.165) is 48.7 Å². The molecule has 0 heterocycles. The van der Waals surface area contributed by atoms with Crippen molar-refractivity contribution in [3.8, 4) is 0 Å². The zero-order valence-corrected chi connectivity index (χ0v) is 20.2. The van der Waals surface area contributed by atoms with E-state index in [1.54, 1.807) is 18.2 Å². The molecule has 0 saturated heterocycles. The van der Waals surface area contributed by atoms with Gasteiger partial charge in [-0.2, -0.15) is 0 Å². The first-order chi connectivity index (χ1) is 12.9.